The van der Waals surface area contributed by atoms with Crippen molar-refractivity contribution >= 4 is 105 Å². The number of allylic oxidation sites excluding steroid dienone is 1. The predicted octanol–water partition coefficient (Wildman–Crippen LogP) is 4.93. The largest absolute Gasteiger partial charge is 1.00 e. The van der Waals surface area contributed by atoms with Crippen LogP contribution in [0.4, 0.5) is 26.3 Å². The summed E-state index contributed by atoms with van der Waals surface area (Å²) >= 11 is 33.2. The number of carboxylic acids is 2. The monoisotopic (exact) mass is 778 g/mol. The van der Waals surface area contributed by atoms with E-state index in [2.05, 4.69) is 4.74 Å². The molecule has 0 aliphatic carbocycles. The Morgan fingerprint density at radius 3 is 1.18 bits per heavy atom. The van der Waals surface area contributed by atoms with E-state index in [1.807, 2.05) is 0 Å². The van der Waals surface area contributed by atoms with Crippen LogP contribution in [0.5, 0.6) is 0 Å². The molecule has 0 amide bonds. The predicted molar refractivity (Wildman–Crippen MR) is 148 cm³/mol. The van der Waals surface area contributed by atoms with Crippen LogP contribution < -0.4 is 34.7 Å². The fourth-order valence-electron chi connectivity index (χ4n) is 2.22. The van der Waals surface area contributed by atoms with Gasteiger partial charge >= 0.3 is 59.8 Å². The van der Waals surface area contributed by atoms with Gasteiger partial charge in [0.1, 0.15) is 0 Å². The molecule has 0 unspecified atom stereocenters. The minimum absolute atomic E-state index is 0. The molecule has 0 heterocycles. The number of carbonyl (C=O) groups is 5. The minimum atomic E-state index is -4.96. The Kier molecular flexibility index (Phi) is 22.4. The topological polar surface area (TPSA) is 138 Å². The number of halogens is 12. The summed E-state index contributed by atoms with van der Waals surface area (Å²) in [6, 6.07) is 3.45. The average Bonchev–Trinajstić information content (AvgIpc) is 2.81. The third-order valence-electron chi connectivity index (χ3n) is 3.66. The van der Waals surface area contributed by atoms with E-state index in [-0.39, 0.29) is 65.8 Å². The maximum atomic E-state index is 12.7. The second kappa shape index (κ2) is 21.2. The van der Waals surface area contributed by atoms with Crippen LogP contribution in [0, 0.1) is 0 Å². The maximum Gasteiger partial charge on any atom is 1.00 e. The van der Waals surface area contributed by atoms with Gasteiger partial charge in [0.2, 0.25) is 0 Å². The first-order valence-electron chi connectivity index (χ1n) is 10.5. The number of benzene rings is 2. The Hall–Kier alpha value is -1.75. The molecule has 0 aliphatic rings. The van der Waals surface area contributed by atoms with Crippen molar-refractivity contribution in [2.75, 3.05) is 0 Å². The molecule has 244 valence electrons. The Balaban J connectivity index is -0.000000587. The molecule has 0 bridgehead atoms. The van der Waals surface area contributed by atoms with Gasteiger partial charge in [-0.25, -0.2) is 4.79 Å². The number of hydrogen-bond donors (Lipinski definition) is 1. The van der Waals surface area contributed by atoms with Crippen LogP contribution >= 0.6 is 69.6 Å². The van der Waals surface area contributed by atoms with E-state index < -0.39 is 58.7 Å². The molecule has 2 rings (SSSR count). The zero-order valence-electron chi connectivity index (χ0n) is 22.7. The molecule has 1 N–H and O–H groups in total. The van der Waals surface area contributed by atoms with Crippen LogP contribution in [0.1, 0.15) is 36.7 Å². The molecule has 0 radical (unpaired) electrons. The van der Waals surface area contributed by atoms with Crippen LogP contribution in [-0.2, 0) is 23.9 Å². The molecule has 0 aliphatic heterocycles. The number of carboxylic acid groups (broad SMARTS) is 2. The van der Waals surface area contributed by atoms with Gasteiger partial charge in [0.15, 0.2) is 0 Å². The number of alkyl halides is 6. The van der Waals surface area contributed by atoms with E-state index in [1.54, 1.807) is 0 Å². The van der Waals surface area contributed by atoms with Gasteiger partial charge in [0.25, 0.3) is 5.78 Å². The summed E-state index contributed by atoms with van der Waals surface area (Å²) in [4.78, 5) is 49.7. The number of ether oxygens (including phenoxy) is 1. The van der Waals surface area contributed by atoms with Gasteiger partial charge in [-0.1, -0.05) is 69.6 Å². The smallest absolute Gasteiger partial charge is 0.550 e. The van der Waals surface area contributed by atoms with Crippen LogP contribution in [0.3, 0.4) is 0 Å². The first kappa shape index (κ1) is 47.7. The average molecular weight is 781 g/mol. The molecule has 8 nitrogen and oxygen atoms in total. The summed E-state index contributed by atoms with van der Waals surface area (Å²) in [6.07, 6.45) is -9.77. The van der Waals surface area contributed by atoms with Gasteiger partial charge in [0, 0.05) is 31.5 Å². The maximum absolute atomic E-state index is 12.7. The Bertz CT molecular complexity index is 1370. The third-order valence-corrected chi connectivity index (χ3v) is 6.05. The molecule has 2 aromatic rings. The summed E-state index contributed by atoms with van der Waals surface area (Å²) in [5.74, 6) is -5.95. The van der Waals surface area contributed by atoms with Gasteiger partial charge in [-0.2, -0.15) is 26.3 Å². The molecule has 0 aromatic heterocycles. The summed E-state index contributed by atoms with van der Waals surface area (Å²) in [6.45, 7) is 3.34. The van der Waals surface area contributed by atoms with Crippen molar-refractivity contribution in [2.45, 2.75) is 33.1 Å². The fourth-order valence-corrected chi connectivity index (χ4v) is 3.41. The van der Waals surface area contributed by atoms with E-state index in [4.69, 9.17) is 84.6 Å². The first-order chi connectivity index (χ1) is 19.7. The second-order valence-electron chi connectivity index (χ2n) is 7.31. The Morgan fingerprint density at radius 1 is 0.689 bits per heavy atom. The van der Waals surface area contributed by atoms with Crippen molar-refractivity contribution in [2.24, 2.45) is 0 Å². The quantitative estimate of drug-likeness (QED) is 0.0882. The number of hydrogen-bond acceptors (Lipinski definition) is 7. The molecule has 21 heteroatoms. The molecule has 0 saturated heterocycles. The Morgan fingerprint density at radius 2 is 0.978 bits per heavy atom. The molecule has 0 saturated carbocycles. The van der Waals surface area contributed by atoms with E-state index in [9.17, 15) is 45.5 Å². The molecule has 0 atom stereocenters. The Labute approximate surface area is 302 Å². The van der Waals surface area contributed by atoms with Crippen molar-refractivity contribution in [3.05, 3.63) is 71.6 Å². The van der Waals surface area contributed by atoms with Crippen molar-refractivity contribution in [1.29, 1.82) is 0 Å². The number of aliphatic carboxylic acids is 2. The zero-order valence-corrected chi connectivity index (χ0v) is 29.3. The van der Waals surface area contributed by atoms with E-state index in [1.165, 1.54) is 13.8 Å². The molecular weight excluding hydrogens is 766 g/mol. The fraction of sp³-hybridized carbons (Fsp3) is 0.208. The van der Waals surface area contributed by atoms with Crippen molar-refractivity contribution in [3.8, 4) is 0 Å². The van der Waals surface area contributed by atoms with Crippen LogP contribution in [0.2, 0.25) is 30.1 Å². The van der Waals surface area contributed by atoms with Gasteiger partial charge in [-0.05, 0) is 36.8 Å². The molecule has 0 fully saturated rings. The van der Waals surface area contributed by atoms with Crippen molar-refractivity contribution in [1.82, 2.24) is 0 Å². The number of ketones is 1. The minimum Gasteiger partial charge on any atom is -0.550 e. The van der Waals surface area contributed by atoms with Crippen LogP contribution in [0.25, 0.3) is 5.57 Å². The number of esters is 2. The number of Topliss-reactive ketones (excluding diaryl/α,β-unsaturated/α-hetero) is 1. The number of rotatable bonds is 3. The molecule has 0 spiro atoms. The van der Waals surface area contributed by atoms with E-state index in [0.29, 0.717) is 0 Å². The van der Waals surface area contributed by atoms with Crippen molar-refractivity contribution in [3.63, 3.8) is 0 Å². The summed E-state index contributed by atoms with van der Waals surface area (Å²) in [5.41, 5.74) is -2.47. The molecule has 45 heavy (non-hydrogen) atoms. The van der Waals surface area contributed by atoms with Gasteiger partial charge in [0.05, 0.1) is 35.7 Å². The summed E-state index contributed by atoms with van der Waals surface area (Å²) in [7, 11) is 0. The van der Waals surface area contributed by atoms with Gasteiger partial charge in [-0.15, -0.1) is 0 Å². The molecular formula is C24H15Cl6F6NaO8. The first-order valence-corrected chi connectivity index (χ1v) is 12.8. The van der Waals surface area contributed by atoms with Gasteiger partial charge in [-0.3, -0.25) is 14.4 Å². The summed E-state index contributed by atoms with van der Waals surface area (Å²) < 4.78 is 78.1. The normalized spacial score (nSPS) is 10.7. The van der Waals surface area contributed by atoms with Crippen molar-refractivity contribution < 1.29 is 94.8 Å². The zero-order chi connectivity index (χ0) is 35.3. The van der Waals surface area contributed by atoms with Crippen LogP contribution in [0.15, 0.2) is 30.3 Å². The molecule has 2 aromatic carbocycles. The summed E-state index contributed by atoms with van der Waals surface area (Å²) in [5, 5.41) is 16.4. The van der Waals surface area contributed by atoms with E-state index in [0.717, 1.165) is 31.2 Å². The van der Waals surface area contributed by atoms with E-state index >= 15 is 0 Å². The van der Waals surface area contributed by atoms with Gasteiger partial charge < -0.3 is 19.7 Å². The van der Waals surface area contributed by atoms with Crippen LogP contribution in [-0.4, -0.2) is 47.1 Å². The standard InChI is InChI=1S/C10H4Cl3F3O2.C8H2Cl3F3O.C4H6O3.C2H4O2.Na/c11-6-1-4(2-7(12)9(6)13)5(3-8(17)18)10(14,15)16;9-4-1-3(2-5(10)6(4)11)7(15)8(12,13)14;1-3(5)7-4(2)6;1-2(3)4;/h1-3H,(H,17,18);1-2H;1-2H3;1H3,(H,3,4);/q;;;;+1/p-1/b5-3+;;;;. The SMILES string of the molecule is CC(=O)OC(C)=O.CC(=O)[O-].O=C(O)/C=C(\c1cc(Cl)c(Cl)c(Cl)c1)C(F)(F)F.O=C(c1cc(Cl)c(Cl)c(Cl)c1)C(F)(F)F.[Na+]. The third kappa shape index (κ3) is 20.2. The number of carbonyl (C=O) groups excluding carboxylic acids is 4. The second-order valence-corrected chi connectivity index (χ2v) is 9.69.